The van der Waals surface area contributed by atoms with Crippen LogP contribution in [0.15, 0.2) is 54.6 Å². The molecule has 0 heterocycles. The van der Waals surface area contributed by atoms with E-state index in [9.17, 15) is 4.79 Å². The van der Waals surface area contributed by atoms with Gasteiger partial charge in [-0.3, -0.25) is 5.32 Å². The minimum absolute atomic E-state index is 0.0724. The lowest BCUT2D eigenvalue weighted by molar-refractivity contribution is -0.0915. The van der Waals surface area contributed by atoms with Crippen LogP contribution in [0.5, 0.6) is 0 Å². The van der Waals surface area contributed by atoms with Gasteiger partial charge in [0.25, 0.3) is 0 Å². The maximum absolute atomic E-state index is 12.3. The molecule has 0 aliphatic heterocycles. The Morgan fingerprint density at radius 2 is 1.62 bits per heavy atom. The quantitative estimate of drug-likeness (QED) is 0.732. The van der Waals surface area contributed by atoms with Gasteiger partial charge in [-0.1, -0.05) is 48.5 Å². The lowest BCUT2D eigenvalue weighted by Crippen LogP contribution is -2.49. The number of anilines is 1. The van der Waals surface area contributed by atoms with Crippen LogP contribution in [-0.4, -0.2) is 12.2 Å². The third-order valence-corrected chi connectivity index (χ3v) is 6.47. The Morgan fingerprint density at radius 1 is 0.962 bits per heavy atom. The van der Waals surface area contributed by atoms with E-state index in [-0.39, 0.29) is 17.6 Å². The first-order chi connectivity index (χ1) is 12.7. The van der Waals surface area contributed by atoms with Crippen LogP contribution in [0.25, 0.3) is 0 Å². The molecule has 0 unspecified atom stereocenters. The van der Waals surface area contributed by atoms with E-state index in [2.05, 4.69) is 35.6 Å². The monoisotopic (exact) mass is 349 g/mol. The van der Waals surface area contributed by atoms with Crippen molar-refractivity contribution in [3.05, 3.63) is 65.7 Å². The van der Waals surface area contributed by atoms with E-state index in [4.69, 9.17) is 4.74 Å². The SMILES string of the molecule is Cc1ccccc1NC(=O)O[C@H]1CCC12CCC(c1ccccc1)CC2. The summed E-state index contributed by atoms with van der Waals surface area (Å²) in [5.74, 6) is 0.656. The first-order valence-corrected chi connectivity index (χ1v) is 9.74. The number of benzene rings is 2. The molecule has 1 spiro atoms. The van der Waals surface area contributed by atoms with Gasteiger partial charge < -0.3 is 4.74 Å². The smallest absolute Gasteiger partial charge is 0.411 e. The van der Waals surface area contributed by atoms with Crippen LogP contribution >= 0.6 is 0 Å². The normalized spacial score (nSPS) is 27.6. The molecule has 2 fully saturated rings. The van der Waals surface area contributed by atoms with Crippen molar-refractivity contribution in [2.45, 2.75) is 57.5 Å². The Hall–Kier alpha value is -2.29. The van der Waals surface area contributed by atoms with Crippen molar-refractivity contribution in [3.8, 4) is 0 Å². The highest BCUT2D eigenvalue weighted by Gasteiger charge is 2.50. The van der Waals surface area contributed by atoms with Gasteiger partial charge in [0.2, 0.25) is 0 Å². The summed E-state index contributed by atoms with van der Waals surface area (Å²) in [5.41, 5.74) is 3.56. The van der Waals surface area contributed by atoms with E-state index < -0.39 is 0 Å². The van der Waals surface area contributed by atoms with Crippen molar-refractivity contribution >= 4 is 11.8 Å². The fraction of sp³-hybridized carbons (Fsp3) is 0.435. The molecular formula is C23H27NO2. The summed E-state index contributed by atoms with van der Waals surface area (Å²) in [4.78, 5) is 12.3. The summed E-state index contributed by atoms with van der Waals surface area (Å²) in [6, 6.07) is 18.6. The van der Waals surface area contributed by atoms with Gasteiger partial charge in [-0.15, -0.1) is 0 Å². The molecule has 1 amide bonds. The predicted molar refractivity (Wildman–Crippen MR) is 104 cm³/mol. The molecule has 2 aromatic rings. The highest BCUT2D eigenvalue weighted by Crippen LogP contribution is 2.55. The number of amides is 1. The van der Waals surface area contributed by atoms with Crippen molar-refractivity contribution in [1.29, 1.82) is 0 Å². The Morgan fingerprint density at radius 3 is 2.27 bits per heavy atom. The number of hydrogen-bond acceptors (Lipinski definition) is 2. The molecule has 0 saturated heterocycles. The second kappa shape index (κ2) is 7.14. The molecule has 2 saturated carbocycles. The molecule has 4 rings (SSSR count). The summed E-state index contributed by atoms with van der Waals surface area (Å²) in [7, 11) is 0. The number of ether oxygens (including phenoxy) is 1. The molecular weight excluding hydrogens is 322 g/mol. The molecule has 136 valence electrons. The van der Waals surface area contributed by atoms with Crippen molar-refractivity contribution in [1.82, 2.24) is 0 Å². The van der Waals surface area contributed by atoms with Gasteiger partial charge in [0.05, 0.1) is 0 Å². The molecule has 2 aliphatic rings. The van der Waals surface area contributed by atoms with Crippen LogP contribution in [-0.2, 0) is 4.74 Å². The number of para-hydroxylation sites is 1. The zero-order valence-electron chi connectivity index (χ0n) is 15.4. The number of carbonyl (C=O) groups is 1. The molecule has 1 atom stereocenters. The number of hydrogen-bond donors (Lipinski definition) is 1. The zero-order valence-corrected chi connectivity index (χ0v) is 15.4. The Labute approximate surface area is 155 Å². The van der Waals surface area contributed by atoms with E-state index in [1.807, 2.05) is 31.2 Å². The van der Waals surface area contributed by atoms with Gasteiger partial charge in [-0.2, -0.15) is 0 Å². The first kappa shape index (κ1) is 17.1. The third-order valence-electron chi connectivity index (χ3n) is 6.47. The summed E-state index contributed by atoms with van der Waals surface area (Å²) in [5, 5.41) is 2.90. The molecule has 1 N–H and O–H groups in total. The molecule has 2 aromatic carbocycles. The third kappa shape index (κ3) is 3.35. The molecule has 2 aliphatic carbocycles. The highest BCUT2D eigenvalue weighted by atomic mass is 16.6. The van der Waals surface area contributed by atoms with Crippen LogP contribution < -0.4 is 5.32 Å². The molecule has 0 bridgehead atoms. The van der Waals surface area contributed by atoms with Gasteiger partial charge >= 0.3 is 6.09 Å². The molecule has 3 heteroatoms. The van der Waals surface area contributed by atoms with Gasteiger partial charge in [-0.25, -0.2) is 4.79 Å². The predicted octanol–water partition coefficient (Wildman–Crippen LogP) is 6.05. The number of nitrogens with one attached hydrogen (secondary N) is 1. The zero-order chi connectivity index (χ0) is 18.0. The molecule has 0 aromatic heterocycles. The van der Waals surface area contributed by atoms with Crippen LogP contribution in [0.1, 0.15) is 55.6 Å². The Kier molecular flexibility index (Phi) is 4.71. The van der Waals surface area contributed by atoms with Crippen LogP contribution in [0.3, 0.4) is 0 Å². The van der Waals surface area contributed by atoms with Crippen LogP contribution in [0, 0.1) is 12.3 Å². The van der Waals surface area contributed by atoms with Crippen LogP contribution in [0.2, 0.25) is 0 Å². The summed E-state index contributed by atoms with van der Waals surface area (Å²) in [6.07, 6.45) is 6.67. The number of rotatable bonds is 3. The Bertz CT molecular complexity index is 763. The highest BCUT2D eigenvalue weighted by molar-refractivity contribution is 5.85. The maximum atomic E-state index is 12.3. The van der Waals surface area contributed by atoms with E-state index in [0.29, 0.717) is 5.92 Å². The average Bonchev–Trinajstić information content (AvgIpc) is 2.68. The lowest BCUT2D eigenvalue weighted by atomic mass is 9.56. The Balaban J connectivity index is 1.33. The van der Waals surface area contributed by atoms with Gasteiger partial charge in [0.15, 0.2) is 0 Å². The summed E-state index contributed by atoms with van der Waals surface area (Å²) < 4.78 is 5.83. The van der Waals surface area contributed by atoms with Gasteiger partial charge in [0.1, 0.15) is 6.10 Å². The van der Waals surface area contributed by atoms with Crippen molar-refractivity contribution in [3.63, 3.8) is 0 Å². The standard InChI is InChI=1S/C23H27NO2/c1-17-7-5-6-10-20(17)24-22(25)26-21-13-16-23(21)14-11-19(12-15-23)18-8-3-2-4-9-18/h2-10,19,21H,11-16H2,1H3,(H,24,25)/t19?,21-,23?/m0/s1. The fourth-order valence-corrected chi connectivity index (χ4v) is 4.66. The molecule has 3 nitrogen and oxygen atoms in total. The van der Waals surface area contributed by atoms with Gasteiger partial charge in [-0.05, 0) is 68.6 Å². The molecule has 26 heavy (non-hydrogen) atoms. The minimum Gasteiger partial charge on any atom is -0.445 e. The second-order valence-corrected chi connectivity index (χ2v) is 7.92. The largest absolute Gasteiger partial charge is 0.445 e. The summed E-state index contributed by atoms with van der Waals surface area (Å²) in [6.45, 7) is 1.99. The molecule has 0 radical (unpaired) electrons. The van der Waals surface area contributed by atoms with E-state index >= 15 is 0 Å². The topological polar surface area (TPSA) is 38.3 Å². The van der Waals surface area contributed by atoms with E-state index in [1.165, 1.54) is 24.8 Å². The van der Waals surface area contributed by atoms with E-state index in [1.54, 1.807) is 0 Å². The van der Waals surface area contributed by atoms with Crippen molar-refractivity contribution in [2.24, 2.45) is 5.41 Å². The number of aryl methyl sites for hydroxylation is 1. The lowest BCUT2D eigenvalue weighted by Gasteiger charge is -2.52. The van der Waals surface area contributed by atoms with Crippen molar-refractivity contribution in [2.75, 3.05) is 5.32 Å². The average molecular weight is 349 g/mol. The first-order valence-electron chi connectivity index (χ1n) is 9.74. The van der Waals surface area contributed by atoms with Crippen molar-refractivity contribution < 1.29 is 9.53 Å². The minimum atomic E-state index is -0.312. The van der Waals surface area contributed by atoms with Gasteiger partial charge in [0, 0.05) is 11.1 Å². The maximum Gasteiger partial charge on any atom is 0.411 e. The fourth-order valence-electron chi connectivity index (χ4n) is 4.66. The number of carbonyl (C=O) groups excluding carboxylic acids is 1. The van der Waals surface area contributed by atoms with E-state index in [0.717, 1.165) is 30.5 Å². The summed E-state index contributed by atoms with van der Waals surface area (Å²) >= 11 is 0. The van der Waals surface area contributed by atoms with Crippen LogP contribution in [0.4, 0.5) is 10.5 Å². The second-order valence-electron chi connectivity index (χ2n) is 7.92.